The maximum absolute atomic E-state index is 14.6. The molecule has 45 heavy (non-hydrogen) atoms. The number of halogens is 15. The van der Waals surface area contributed by atoms with Crippen LogP contribution in [0.3, 0.4) is 0 Å². The van der Waals surface area contributed by atoms with Crippen LogP contribution >= 0.6 is 0 Å². The van der Waals surface area contributed by atoms with Crippen LogP contribution in [0.4, 0.5) is 65.9 Å². The van der Waals surface area contributed by atoms with Crippen LogP contribution in [-0.2, 0) is 21.7 Å². The minimum absolute atomic E-state index is 0. The van der Waals surface area contributed by atoms with Crippen molar-refractivity contribution >= 4 is 22.7 Å². The molecule has 0 heterocycles. The summed E-state index contributed by atoms with van der Waals surface area (Å²) >= 11 is 0. The first-order valence-corrected chi connectivity index (χ1v) is 11.2. The molecule has 2 N–H and O–H groups in total. The van der Waals surface area contributed by atoms with E-state index in [4.69, 9.17) is 5.64 Å². The minimum Gasteiger partial charge on any atom is -0.668 e. The van der Waals surface area contributed by atoms with Gasteiger partial charge in [0.1, 0.15) is 34.9 Å². The third-order valence-electron chi connectivity index (χ3n) is 5.10. The molecule has 0 atom stereocenters. The maximum atomic E-state index is 14.6. The van der Waals surface area contributed by atoms with Crippen molar-refractivity contribution in [3.8, 4) is 0 Å². The summed E-state index contributed by atoms with van der Waals surface area (Å²) in [6.07, 6.45) is -5.91. The van der Waals surface area contributed by atoms with Crippen LogP contribution in [0.25, 0.3) is 16.0 Å². The molecule has 0 amide bonds. The standard InChI is InChI=1S/C18H2BF15N.3C2H6N.Ti/c20-4-1(5(21)11(27)16(32)10(4)26)19(35,2-6(22)12(28)17(33)13(29)7(2)23)3-8(24)14(30)18(34)15(31)9(3)25;3*1-3-2;/h35H2;3*1-2H3;/q4*-1;+4. The summed E-state index contributed by atoms with van der Waals surface area (Å²) in [6.45, 7) is 0. The number of nitrogens with two attached hydrogens (primary N) is 1. The monoisotopic (exact) mass is 708 g/mol. The van der Waals surface area contributed by atoms with Crippen molar-refractivity contribution in [2.24, 2.45) is 5.64 Å². The van der Waals surface area contributed by atoms with E-state index in [0.717, 1.165) is 0 Å². The van der Waals surface area contributed by atoms with Gasteiger partial charge < -0.3 is 21.6 Å². The molecular formula is C24H20BF15N4Ti. The van der Waals surface area contributed by atoms with E-state index in [1.807, 2.05) is 0 Å². The van der Waals surface area contributed by atoms with Gasteiger partial charge in [-0.2, -0.15) is 42.3 Å². The van der Waals surface area contributed by atoms with Crippen LogP contribution < -0.4 is 22.0 Å². The second-order valence-electron chi connectivity index (χ2n) is 8.23. The molecule has 0 aliphatic carbocycles. The van der Waals surface area contributed by atoms with E-state index in [0.29, 0.717) is 0 Å². The molecule has 3 aromatic rings. The van der Waals surface area contributed by atoms with E-state index in [-0.39, 0.29) is 21.7 Å². The normalized spacial score (nSPS) is 10.5. The number of rotatable bonds is 3. The zero-order valence-electron chi connectivity index (χ0n) is 23.7. The van der Waals surface area contributed by atoms with E-state index in [2.05, 4.69) is 16.0 Å². The van der Waals surface area contributed by atoms with Crippen LogP contribution in [-0.4, -0.2) is 48.6 Å². The maximum Gasteiger partial charge on any atom is 4.00 e. The van der Waals surface area contributed by atoms with Crippen molar-refractivity contribution in [3.63, 3.8) is 0 Å². The van der Waals surface area contributed by atoms with Crippen molar-refractivity contribution in [3.05, 3.63) is 103 Å². The predicted molar refractivity (Wildman–Crippen MR) is 133 cm³/mol. The number of hydrogen-bond acceptors (Lipinski definition) is 1. The van der Waals surface area contributed by atoms with Crippen molar-refractivity contribution in [1.29, 1.82) is 0 Å². The number of nitrogens with zero attached hydrogens (tertiary/aromatic N) is 3. The van der Waals surface area contributed by atoms with Crippen molar-refractivity contribution in [2.75, 3.05) is 42.3 Å². The van der Waals surface area contributed by atoms with Crippen LogP contribution in [0, 0.1) is 87.3 Å². The topological polar surface area (TPSA) is 68.3 Å². The fraction of sp³-hybridized carbons (Fsp3) is 0.250. The van der Waals surface area contributed by atoms with Gasteiger partial charge in [0.05, 0.1) is 0 Å². The summed E-state index contributed by atoms with van der Waals surface area (Å²) in [6, 6.07) is 0. The molecule has 0 spiro atoms. The Bertz CT molecular complexity index is 1230. The summed E-state index contributed by atoms with van der Waals surface area (Å²) in [5.41, 5.74) is -3.28. The van der Waals surface area contributed by atoms with Gasteiger partial charge in [0.2, 0.25) is 0 Å². The fourth-order valence-corrected chi connectivity index (χ4v) is 3.50. The third-order valence-corrected chi connectivity index (χ3v) is 5.10. The minimum atomic E-state index is -5.91. The molecule has 0 unspecified atom stereocenters. The van der Waals surface area contributed by atoms with Gasteiger partial charge in [-0.1, -0.05) is 0 Å². The molecular weight excluding hydrogens is 688 g/mol. The summed E-state index contributed by atoms with van der Waals surface area (Å²) < 4.78 is 211. The summed E-state index contributed by atoms with van der Waals surface area (Å²) in [4.78, 5) is 0. The Morgan fingerprint density at radius 1 is 0.311 bits per heavy atom. The van der Waals surface area contributed by atoms with Crippen LogP contribution in [0.1, 0.15) is 0 Å². The Morgan fingerprint density at radius 3 is 0.511 bits per heavy atom. The first kappa shape index (κ1) is 44.4. The quantitative estimate of drug-likeness (QED) is 0.165. The Kier molecular flexibility index (Phi) is 18.1. The second-order valence-corrected chi connectivity index (χ2v) is 8.23. The molecule has 3 rings (SSSR count). The Balaban J connectivity index is 0. The van der Waals surface area contributed by atoms with E-state index in [1.54, 1.807) is 42.3 Å². The predicted octanol–water partition coefficient (Wildman–Crippen LogP) is 5.56. The van der Waals surface area contributed by atoms with Crippen LogP contribution in [0.15, 0.2) is 0 Å². The molecule has 0 bridgehead atoms. The van der Waals surface area contributed by atoms with Crippen LogP contribution in [0.2, 0.25) is 0 Å². The molecule has 3 aromatic carbocycles. The smallest absolute Gasteiger partial charge is 0.668 e. The van der Waals surface area contributed by atoms with Crippen LogP contribution in [0.5, 0.6) is 0 Å². The third kappa shape index (κ3) is 8.34. The SMILES string of the molecule is C[N-]C.C[N-]C.C[N-]C.N[B-](c1c(F)c(F)c(F)c(F)c1F)(c1c(F)c(F)c(F)c(F)c1F)c1c(F)c(F)c(F)c(F)c1F.[Ti+4]. The van der Waals surface area contributed by atoms with Gasteiger partial charge in [-0.05, 0) is 0 Å². The molecule has 0 saturated heterocycles. The van der Waals surface area contributed by atoms with Gasteiger partial charge in [0.25, 0.3) is 0 Å². The molecule has 0 aliphatic heterocycles. The average Bonchev–Trinajstić information content (AvgIpc) is 2.96. The number of hydrogen-bond donors (Lipinski definition) is 1. The average molecular weight is 708 g/mol. The van der Waals surface area contributed by atoms with Crippen molar-refractivity contribution in [1.82, 2.24) is 0 Å². The van der Waals surface area contributed by atoms with Gasteiger partial charge in [-0.25, -0.2) is 65.9 Å². The van der Waals surface area contributed by atoms with Gasteiger partial charge in [0, 0.05) is 0 Å². The van der Waals surface area contributed by atoms with E-state index >= 15 is 0 Å². The fourth-order valence-electron chi connectivity index (χ4n) is 3.50. The molecule has 4 nitrogen and oxygen atoms in total. The Labute approximate surface area is 261 Å². The first-order chi connectivity index (χ1) is 20.3. The van der Waals surface area contributed by atoms with Gasteiger partial charge in [-0.15, -0.1) is 16.4 Å². The molecule has 21 heteroatoms. The number of benzene rings is 3. The van der Waals surface area contributed by atoms with E-state index in [1.165, 1.54) is 0 Å². The molecule has 0 fully saturated rings. The van der Waals surface area contributed by atoms with Gasteiger partial charge >= 0.3 is 21.7 Å². The van der Waals surface area contributed by atoms with E-state index < -0.39 is 110 Å². The zero-order valence-corrected chi connectivity index (χ0v) is 25.2. The first-order valence-electron chi connectivity index (χ1n) is 11.2. The Morgan fingerprint density at radius 2 is 0.400 bits per heavy atom. The summed E-state index contributed by atoms with van der Waals surface area (Å²) in [5.74, 6) is -46.5. The second kappa shape index (κ2) is 18.4. The van der Waals surface area contributed by atoms with E-state index in [9.17, 15) is 65.9 Å². The molecule has 0 saturated carbocycles. The molecule has 248 valence electrons. The Hall–Kier alpha value is -2.77. The zero-order chi connectivity index (χ0) is 35.0. The molecule has 0 aromatic heterocycles. The molecule has 0 radical (unpaired) electrons. The summed E-state index contributed by atoms with van der Waals surface area (Å²) in [5, 5.41) is 10.5. The molecule has 0 aliphatic rings. The summed E-state index contributed by atoms with van der Waals surface area (Å²) in [7, 11) is 10.5. The van der Waals surface area contributed by atoms with Gasteiger partial charge in [0.15, 0.2) is 58.6 Å². The van der Waals surface area contributed by atoms with Crippen molar-refractivity contribution < 1.29 is 87.6 Å². The van der Waals surface area contributed by atoms with Crippen molar-refractivity contribution in [2.45, 2.75) is 0 Å². The van der Waals surface area contributed by atoms with Gasteiger partial charge in [-0.3, -0.25) is 0 Å². The largest absolute Gasteiger partial charge is 4.00 e.